The Morgan fingerprint density at radius 1 is 1.09 bits per heavy atom. The zero-order valence-electron chi connectivity index (χ0n) is 12.7. The molecule has 1 aliphatic rings. The van der Waals surface area contributed by atoms with Crippen molar-refractivity contribution in [1.29, 1.82) is 0 Å². The molecule has 0 unspecified atom stereocenters. The Kier molecular flexibility index (Phi) is 6.60. The second-order valence-electron chi connectivity index (χ2n) is 5.39. The van der Waals surface area contributed by atoms with Gasteiger partial charge in [-0.25, -0.2) is 4.98 Å². The average molecular weight is 305 g/mol. The first kappa shape index (κ1) is 16.2. The lowest BCUT2D eigenvalue weighted by Gasteiger charge is -2.10. The molecular formula is C15H23N5O2. The lowest BCUT2D eigenvalue weighted by Crippen LogP contribution is -2.35. The van der Waals surface area contributed by atoms with Gasteiger partial charge in [0.15, 0.2) is 0 Å². The highest BCUT2D eigenvalue weighted by molar-refractivity contribution is 5.80. The van der Waals surface area contributed by atoms with E-state index in [4.69, 9.17) is 0 Å². The summed E-state index contributed by atoms with van der Waals surface area (Å²) in [5, 5.41) is 8.69. The molecule has 2 amide bonds. The molecule has 0 atom stereocenters. The molecule has 1 aromatic heterocycles. The number of anilines is 1. The Morgan fingerprint density at radius 2 is 1.91 bits per heavy atom. The van der Waals surface area contributed by atoms with Crippen LogP contribution in [0, 0.1) is 5.92 Å². The van der Waals surface area contributed by atoms with Crippen molar-refractivity contribution < 1.29 is 9.59 Å². The maximum Gasteiger partial charge on any atom is 0.223 e. The number of hydrogen-bond donors (Lipinski definition) is 3. The minimum atomic E-state index is -0.0623. The van der Waals surface area contributed by atoms with Crippen LogP contribution >= 0.6 is 0 Å². The molecule has 120 valence electrons. The Bertz CT molecular complexity index is 474. The molecule has 0 aliphatic heterocycles. The molecule has 1 aliphatic carbocycles. The molecule has 2 rings (SSSR count). The van der Waals surface area contributed by atoms with Gasteiger partial charge in [0.25, 0.3) is 0 Å². The van der Waals surface area contributed by atoms with Crippen molar-refractivity contribution in [3.63, 3.8) is 0 Å². The van der Waals surface area contributed by atoms with Gasteiger partial charge in [0.1, 0.15) is 5.82 Å². The second kappa shape index (κ2) is 8.96. The third-order valence-corrected chi connectivity index (χ3v) is 3.69. The molecule has 0 radical (unpaired) electrons. The molecule has 22 heavy (non-hydrogen) atoms. The van der Waals surface area contributed by atoms with Crippen LogP contribution in [0.3, 0.4) is 0 Å². The molecule has 0 saturated heterocycles. The summed E-state index contributed by atoms with van der Waals surface area (Å²) in [5.41, 5.74) is 0. The molecule has 1 fully saturated rings. The van der Waals surface area contributed by atoms with Crippen molar-refractivity contribution in [2.45, 2.75) is 32.1 Å². The third kappa shape index (κ3) is 5.67. The molecular weight excluding hydrogens is 282 g/mol. The highest BCUT2D eigenvalue weighted by Gasteiger charge is 2.22. The summed E-state index contributed by atoms with van der Waals surface area (Å²) in [7, 11) is 0. The van der Waals surface area contributed by atoms with Gasteiger partial charge in [-0.3, -0.25) is 14.6 Å². The summed E-state index contributed by atoms with van der Waals surface area (Å²) >= 11 is 0. The Hall–Kier alpha value is -2.18. The number of rotatable bonds is 8. The number of carbonyl (C=O) groups is 2. The molecule has 0 spiro atoms. The van der Waals surface area contributed by atoms with Gasteiger partial charge >= 0.3 is 0 Å². The van der Waals surface area contributed by atoms with Crippen LogP contribution in [0.2, 0.25) is 0 Å². The first-order valence-electron chi connectivity index (χ1n) is 7.80. The topological polar surface area (TPSA) is 96.0 Å². The maximum atomic E-state index is 11.8. The van der Waals surface area contributed by atoms with E-state index in [9.17, 15) is 9.59 Å². The van der Waals surface area contributed by atoms with Crippen molar-refractivity contribution in [3.8, 4) is 0 Å². The van der Waals surface area contributed by atoms with Crippen LogP contribution in [0.15, 0.2) is 18.6 Å². The average Bonchev–Trinajstić information content (AvgIpc) is 3.07. The van der Waals surface area contributed by atoms with Crippen LogP contribution in [0.5, 0.6) is 0 Å². The van der Waals surface area contributed by atoms with Crippen LogP contribution in [-0.2, 0) is 9.59 Å². The van der Waals surface area contributed by atoms with Gasteiger partial charge in [0.05, 0.1) is 6.20 Å². The first-order chi connectivity index (χ1) is 10.8. The summed E-state index contributed by atoms with van der Waals surface area (Å²) < 4.78 is 0. The fourth-order valence-corrected chi connectivity index (χ4v) is 2.50. The van der Waals surface area contributed by atoms with Gasteiger partial charge in [-0.05, 0) is 12.8 Å². The number of amides is 2. The number of nitrogens with zero attached hydrogens (tertiary/aromatic N) is 2. The minimum absolute atomic E-state index is 0.0623. The Morgan fingerprint density at radius 3 is 2.64 bits per heavy atom. The zero-order valence-corrected chi connectivity index (χ0v) is 12.7. The number of carbonyl (C=O) groups excluding carboxylic acids is 2. The van der Waals surface area contributed by atoms with Gasteiger partial charge in [-0.15, -0.1) is 0 Å². The maximum absolute atomic E-state index is 11.8. The fourth-order valence-electron chi connectivity index (χ4n) is 2.50. The van der Waals surface area contributed by atoms with E-state index < -0.39 is 0 Å². The summed E-state index contributed by atoms with van der Waals surface area (Å²) in [6.07, 6.45) is 9.37. The normalized spacial score (nSPS) is 14.5. The lowest BCUT2D eigenvalue weighted by molar-refractivity contribution is -0.125. The highest BCUT2D eigenvalue weighted by Crippen LogP contribution is 2.24. The number of hydrogen-bond acceptors (Lipinski definition) is 5. The first-order valence-corrected chi connectivity index (χ1v) is 7.80. The van der Waals surface area contributed by atoms with Crippen LogP contribution in [0.1, 0.15) is 32.1 Å². The van der Waals surface area contributed by atoms with Crippen LogP contribution in [-0.4, -0.2) is 41.4 Å². The molecule has 7 heteroatoms. The molecule has 1 heterocycles. The highest BCUT2D eigenvalue weighted by atomic mass is 16.2. The van der Waals surface area contributed by atoms with Crippen molar-refractivity contribution in [2.75, 3.05) is 25.0 Å². The summed E-state index contributed by atoms with van der Waals surface area (Å²) in [6, 6.07) is 0. The van der Waals surface area contributed by atoms with Gasteiger partial charge in [-0.1, -0.05) is 12.8 Å². The fraction of sp³-hybridized carbons (Fsp3) is 0.600. The Labute approximate surface area is 130 Å². The van der Waals surface area contributed by atoms with Crippen LogP contribution < -0.4 is 16.0 Å². The van der Waals surface area contributed by atoms with E-state index in [1.165, 1.54) is 0 Å². The van der Waals surface area contributed by atoms with E-state index in [2.05, 4.69) is 25.9 Å². The smallest absolute Gasteiger partial charge is 0.223 e. The van der Waals surface area contributed by atoms with Crippen molar-refractivity contribution in [3.05, 3.63) is 18.6 Å². The quantitative estimate of drug-likeness (QED) is 0.614. The van der Waals surface area contributed by atoms with E-state index in [1.54, 1.807) is 18.6 Å². The monoisotopic (exact) mass is 305 g/mol. The summed E-state index contributed by atoms with van der Waals surface area (Å²) in [5.74, 6) is 0.863. The van der Waals surface area contributed by atoms with Crippen LogP contribution in [0.4, 0.5) is 5.82 Å². The van der Waals surface area contributed by atoms with Crippen LogP contribution in [0.25, 0.3) is 0 Å². The van der Waals surface area contributed by atoms with Crippen molar-refractivity contribution in [2.24, 2.45) is 5.92 Å². The van der Waals surface area contributed by atoms with Gasteiger partial charge in [-0.2, -0.15) is 0 Å². The van der Waals surface area contributed by atoms with Gasteiger partial charge < -0.3 is 16.0 Å². The van der Waals surface area contributed by atoms with E-state index in [0.29, 0.717) is 31.9 Å². The predicted octanol–water partition coefficient (Wildman–Crippen LogP) is 0.701. The summed E-state index contributed by atoms with van der Waals surface area (Å²) in [6.45, 7) is 1.49. The molecule has 3 N–H and O–H groups in total. The molecule has 7 nitrogen and oxygen atoms in total. The van der Waals surface area contributed by atoms with Gasteiger partial charge in [0.2, 0.25) is 11.8 Å². The van der Waals surface area contributed by atoms with E-state index in [0.717, 1.165) is 25.7 Å². The minimum Gasteiger partial charge on any atom is -0.367 e. The molecule has 0 aromatic carbocycles. The second-order valence-corrected chi connectivity index (χ2v) is 5.39. The van der Waals surface area contributed by atoms with E-state index in [-0.39, 0.29) is 17.7 Å². The van der Waals surface area contributed by atoms with Crippen molar-refractivity contribution in [1.82, 2.24) is 20.6 Å². The van der Waals surface area contributed by atoms with E-state index in [1.807, 2.05) is 0 Å². The predicted molar refractivity (Wildman–Crippen MR) is 83.1 cm³/mol. The largest absolute Gasteiger partial charge is 0.367 e. The standard InChI is InChI=1S/C15H23N5O2/c21-14(5-6-20-15(22)12-3-1-2-4-12)19-10-9-18-13-11-16-7-8-17-13/h7-8,11-12H,1-6,9-10H2,(H,17,18)(H,19,21)(H,20,22). The van der Waals surface area contributed by atoms with E-state index >= 15 is 0 Å². The van der Waals surface area contributed by atoms with Crippen molar-refractivity contribution >= 4 is 17.6 Å². The van der Waals surface area contributed by atoms with Gasteiger partial charge in [0, 0.05) is 44.4 Å². The number of nitrogens with one attached hydrogen (secondary N) is 3. The molecule has 1 saturated carbocycles. The third-order valence-electron chi connectivity index (χ3n) is 3.69. The number of aromatic nitrogens is 2. The Balaban J connectivity index is 1.50. The molecule has 1 aromatic rings. The molecule has 0 bridgehead atoms. The lowest BCUT2D eigenvalue weighted by atomic mass is 10.1. The zero-order chi connectivity index (χ0) is 15.6. The SMILES string of the molecule is O=C(CCNC(=O)C1CCCC1)NCCNc1cnccn1. The summed E-state index contributed by atoms with van der Waals surface area (Å²) in [4.78, 5) is 31.4.